The molecule has 4 N–H and O–H groups in total. The third-order valence-electron chi connectivity index (χ3n) is 9.24. The van der Waals surface area contributed by atoms with Crippen LogP contribution in [-0.4, -0.2) is 10.4 Å². The molecule has 0 bridgehead atoms. The summed E-state index contributed by atoms with van der Waals surface area (Å²) in [6.45, 7) is 4.15. The first-order valence-electron chi connectivity index (χ1n) is 16.5. The quantitative estimate of drug-likeness (QED) is 0.107. The molecule has 2 heterocycles. The number of aryl methyl sites for hydroxylation is 1. The molecule has 8 aromatic rings. The molecule has 0 radical (unpaired) electrons. The van der Waals surface area contributed by atoms with Gasteiger partial charge in [0.2, 0.25) is 0 Å². The Morgan fingerprint density at radius 1 is 0.714 bits per heavy atom. The Balaban J connectivity index is 1.43. The number of aliphatic imine (C=N–C) groups is 1. The lowest BCUT2D eigenvalue weighted by Crippen LogP contribution is -2.13. The van der Waals surface area contributed by atoms with Crippen molar-refractivity contribution in [3.63, 3.8) is 0 Å². The molecule has 5 heteroatoms. The molecule has 0 spiro atoms. The van der Waals surface area contributed by atoms with Crippen LogP contribution in [-0.2, 0) is 0 Å². The number of anilines is 1. The first-order chi connectivity index (χ1) is 24.0. The maximum Gasteiger partial charge on any atom is 0.118 e. The fourth-order valence-corrected chi connectivity index (χ4v) is 7.89. The van der Waals surface area contributed by atoms with Gasteiger partial charge in [0.1, 0.15) is 16.5 Å². The number of benzene rings is 6. The summed E-state index contributed by atoms with van der Waals surface area (Å²) in [6, 6.07) is 45.4. The maximum absolute atomic E-state index is 6.92. The number of thiophene rings is 1. The molecule has 49 heavy (non-hydrogen) atoms. The molecule has 0 saturated heterocycles. The van der Waals surface area contributed by atoms with Gasteiger partial charge in [0.25, 0.3) is 0 Å². The van der Waals surface area contributed by atoms with E-state index in [0.29, 0.717) is 11.4 Å². The minimum atomic E-state index is 0.519. The van der Waals surface area contributed by atoms with E-state index in [-0.39, 0.29) is 0 Å². The number of rotatable bonds is 6. The summed E-state index contributed by atoms with van der Waals surface area (Å²) in [6.07, 6.45) is 6.27. The SMILES string of the molecule is C/C=C\C(=C/N)C/C(=N\c1c(N)sc2cc(-c3ccccc3)c(-c3ccccc3)cc12)n1c2ccccc2c2cc3ccc(C)cc3cc21. The highest BCUT2D eigenvalue weighted by Gasteiger charge is 2.20. The van der Waals surface area contributed by atoms with Crippen LogP contribution < -0.4 is 11.5 Å². The Morgan fingerprint density at radius 3 is 2.12 bits per heavy atom. The van der Waals surface area contributed by atoms with E-state index < -0.39 is 0 Å². The Labute approximate surface area is 290 Å². The molecule has 0 aliphatic heterocycles. The highest BCUT2D eigenvalue weighted by molar-refractivity contribution is 7.23. The zero-order valence-corrected chi connectivity index (χ0v) is 28.3. The standard InChI is InChI=1S/C44H36N4S/c1-3-12-29(27-45)22-42(48-39-18-11-10-17-34(39)37-23-32-20-19-28(2)21-33(32)24-40(37)48)47-43-38-25-35(30-13-6-4-7-14-30)36(26-41(38)49-44(43)46)31-15-8-5-9-16-31/h3-21,23-27H,22,45-46H2,1-2H3/b12-3-,29-27+,47-42+. The van der Waals surface area contributed by atoms with Gasteiger partial charge in [-0.3, -0.25) is 4.57 Å². The van der Waals surface area contributed by atoms with Crippen molar-refractivity contribution in [3.8, 4) is 22.3 Å². The lowest BCUT2D eigenvalue weighted by atomic mass is 9.93. The van der Waals surface area contributed by atoms with Gasteiger partial charge < -0.3 is 11.5 Å². The van der Waals surface area contributed by atoms with Crippen molar-refractivity contribution in [1.29, 1.82) is 0 Å². The molecule has 2 aromatic heterocycles. The van der Waals surface area contributed by atoms with Crippen molar-refractivity contribution >= 4 is 70.5 Å². The molecule has 0 atom stereocenters. The Hall–Kier alpha value is -5.91. The van der Waals surface area contributed by atoms with Gasteiger partial charge in [-0.15, -0.1) is 11.3 Å². The summed E-state index contributed by atoms with van der Waals surface area (Å²) in [4.78, 5) is 5.53. The number of nitrogen functional groups attached to an aromatic ring is 1. The molecule has 238 valence electrons. The van der Waals surface area contributed by atoms with Crippen LogP contribution in [0.5, 0.6) is 0 Å². The zero-order valence-electron chi connectivity index (χ0n) is 27.5. The lowest BCUT2D eigenvalue weighted by Gasteiger charge is -2.14. The first kappa shape index (κ1) is 30.4. The van der Waals surface area contributed by atoms with Gasteiger partial charge in [0.05, 0.1) is 11.0 Å². The van der Waals surface area contributed by atoms with Crippen LogP contribution >= 0.6 is 11.3 Å². The monoisotopic (exact) mass is 652 g/mol. The Morgan fingerprint density at radius 2 is 1.41 bits per heavy atom. The number of fused-ring (bicyclic) bond motifs is 5. The predicted octanol–water partition coefficient (Wildman–Crippen LogP) is 11.8. The highest BCUT2D eigenvalue weighted by atomic mass is 32.1. The van der Waals surface area contributed by atoms with Gasteiger partial charge in [0, 0.05) is 27.3 Å². The number of para-hydroxylation sites is 1. The third kappa shape index (κ3) is 5.48. The minimum Gasteiger partial charge on any atom is -0.404 e. The summed E-state index contributed by atoms with van der Waals surface area (Å²) in [7, 11) is 0. The van der Waals surface area contributed by atoms with Crippen molar-refractivity contribution < 1.29 is 0 Å². The van der Waals surface area contributed by atoms with Gasteiger partial charge in [-0.25, -0.2) is 4.99 Å². The fourth-order valence-electron chi connectivity index (χ4n) is 6.96. The summed E-state index contributed by atoms with van der Waals surface area (Å²) >= 11 is 1.58. The number of nitrogens with zero attached hydrogens (tertiary/aromatic N) is 2. The largest absolute Gasteiger partial charge is 0.404 e. The molecule has 6 aromatic carbocycles. The van der Waals surface area contributed by atoms with Gasteiger partial charge in [-0.2, -0.15) is 0 Å². The minimum absolute atomic E-state index is 0.519. The summed E-state index contributed by atoms with van der Waals surface area (Å²) < 4.78 is 3.40. The van der Waals surface area contributed by atoms with Crippen LogP contribution in [0.3, 0.4) is 0 Å². The second kappa shape index (κ2) is 12.6. The molecule has 0 fully saturated rings. The highest BCUT2D eigenvalue weighted by Crippen LogP contribution is 2.46. The fraction of sp³-hybridized carbons (Fsp3) is 0.0682. The van der Waals surface area contributed by atoms with Crippen molar-refractivity contribution in [3.05, 3.63) is 157 Å². The molecule has 8 rings (SSSR count). The topological polar surface area (TPSA) is 69.3 Å². The molecule has 0 amide bonds. The van der Waals surface area contributed by atoms with Gasteiger partial charge >= 0.3 is 0 Å². The van der Waals surface area contributed by atoms with E-state index in [1.807, 2.05) is 13.0 Å². The average Bonchev–Trinajstić information content (AvgIpc) is 3.62. The molecule has 0 aliphatic carbocycles. The molecule has 4 nitrogen and oxygen atoms in total. The second-order valence-corrected chi connectivity index (χ2v) is 13.5. The van der Waals surface area contributed by atoms with Crippen LogP contribution in [0.25, 0.3) is 64.9 Å². The van der Waals surface area contributed by atoms with E-state index in [9.17, 15) is 0 Å². The van der Waals surface area contributed by atoms with E-state index in [4.69, 9.17) is 16.5 Å². The van der Waals surface area contributed by atoms with Crippen molar-refractivity contribution in [2.75, 3.05) is 5.73 Å². The lowest BCUT2D eigenvalue weighted by molar-refractivity contribution is 1.15. The number of allylic oxidation sites excluding steroid dienone is 3. The van der Waals surface area contributed by atoms with E-state index >= 15 is 0 Å². The third-order valence-corrected chi connectivity index (χ3v) is 10.2. The normalized spacial score (nSPS) is 12.7. The first-order valence-corrected chi connectivity index (χ1v) is 17.4. The summed E-state index contributed by atoms with van der Waals surface area (Å²) in [5.41, 5.74) is 22.9. The number of aromatic nitrogens is 1. The van der Waals surface area contributed by atoms with Crippen LogP contribution in [0.1, 0.15) is 18.9 Å². The second-order valence-electron chi connectivity index (χ2n) is 12.5. The molecular weight excluding hydrogens is 617 g/mol. The van der Waals surface area contributed by atoms with Crippen molar-refractivity contribution in [1.82, 2.24) is 4.57 Å². The van der Waals surface area contributed by atoms with E-state index in [0.717, 1.165) is 54.9 Å². The number of hydrogen-bond donors (Lipinski definition) is 2. The van der Waals surface area contributed by atoms with Crippen LogP contribution in [0.15, 0.2) is 156 Å². The molecule has 0 saturated carbocycles. The van der Waals surface area contributed by atoms with Gasteiger partial charge in [-0.05, 0) is 89.0 Å². The zero-order chi connectivity index (χ0) is 33.5. The van der Waals surface area contributed by atoms with Crippen LogP contribution in [0.4, 0.5) is 10.7 Å². The van der Waals surface area contributed by atoms with Crippen LogP contribution in [0, 0.1) is 6.92 Å². The van der Waals surface area contributed by atoms with Crippen molar-refractivity contribution in [2.24, 2.45) is 10.7 Å². The van der Waals surface area contributed by atoms with E-state index in [1.54, 1.807) is 17.5 Å². The average molecular weight is 653 g/mol. The van der Waals surface area contributed by atoms with E-state index in [2.05, 4.69) is 145 Å². The Bertz CT molecular complexity index is 2600. The molecule has 0 aliphatic rings. The molecule has 0 unspecified atom stereocenters. The van der Waals surface area contributed by atoms with Gasteiger partial charge in [0.15, 0.2) is 0 Å². The number of nitrogens with two attached hydrogens (primary N) is 2. The predicted molar refractivity (Wildman–Crippen MR) is 213 cm³/mol. The number of hydrogen-bond acceptors (Lipinski definition) is 4. The van der Waals surface area contributed by atoms with Crippen LogP contribution in [0.2, 0.25) is 0 Å². The summed E-state index contributed by atoms with van der Waals surface area (Å²) in [5.74, 6) is 0.854. The molecular formula is C44H36N4S. The maximum atomic E-state index is 6.92. The van der Waals surface area contributed by atoms with Crippen molar-refractivity contribution in [2.45, 2.75) is 20.3 Å². The van der Waals surface area contributed by atoms with E-state index in [1.165, 1.54) is 32.7 Å². The summed E-state index contributed by atoms with van der Waals surface area (Å²) in [5, 5.41) is 6.49. The smallest absolute Gasteiger partial charge is 0.118 e. The Kier molecular flexibility index (Phi) is 7.83. The van der Waals surface area contributed by atoms with Gasteiger partial charge in [-0.1, -0.05) is 115 Å².